The Morgan fingerprint density at radius 2 is 2.10 bits per heavy atom. The van der Waals surface area contributed by atoms with Gasteiger partial charge in [0, 0.05) is 16.9 Å². The molecule has 148 valence electrons. The van der Waals surface area contributed by atoms with Gasteiger partial charge >= 0.3 is 0 Å². The molecule has 0 aliphatic heterocycles. The second-order valence-electron chi connectivity index (χ2n) is 5.86. The minimum Gasteiger partial charge on any atom is -0.486 e. The van der Waals surface area contributed by atoms with E-state index in [2.05, 4.69) is 26.9 Å². The molecule has 7 nitrogen and oxygen atoms in total. The van der Waals surface area contributed by atoms with E-state index in [0.717, 1.165) is 10.7 Å². The average Bonchev–Trinajstić information content (AvgIpc) is 3.48. The Labute approximate surface area is 180 Å². The Morgan fingerprint density at radius 3 is 2.86 bits per heavy atom. The van der Waals surface area contributed by atoms with Crippen LogP contribution >= 0.6 is 34.7 Å². The van der Waals surface area contributed by atoms with Crippen LogP contribution in [0.1, 0.15) is 11.6 Å². The van der Waals surface area contributed by atoms with Crippen molar-refractivity contribution in [1.29, 1.82) is 0 Å². The molecule has 0 fully saturated rings. The fraction of sp³-hybridized carbons (Fsp3) is 0.158. The van der Waals surface area contributed by atoms with E-state index in [1.807, 2.05) is 33.5 Å². The van der Waals surface area contributed by atoms with E-state index in [1.54, 1.807) is 29.5 Å². The van der Waals surface area contributed by atoms with Crippen LogP contribution < -0.4 is 4.74 Å². The average molecular weight is 446 g/mol. The van der Waals surface area contributed by atoms with Gasteiger partial charge in [0.2, 0.25) is 0 Å². The lowest BCUT2D eigenvalue weighted by Gasteiger charge is -2.08. The quantitative estimate of drug-likeness (QED) is 0.262. The molecule has 0 aliphatic rings. The summed E-state index contributed by atoms with van der Waals surface area (Å²) in [7, 11) is 0. The lowest BCUT2D eigenvalue weighted by Crippen LogP contribution is -2.07. The summed E-state index contributed by atoms with van der Waals surface area (Å²) in [5.41, 5.74) is 0.926. The Kier molecular flexibility index (Phi) is 6.28. The Bertz CT molecular complexity index is 1080. The molecule has 0 saturated carbocycles. The van der Waals surface area contributed by atoms with E-state index in [0.29, 0.717) is 40.6 Å². The van der Waals surface area contributed by atoms with Crippen LogP contribution in [0.3, 0.4) is 0 Å². The topological polar surface area (TPSA) is 78.9 Å². The molecule has 10 heteroatoms. The van der Waals surface area contributed by atoms with Crippen molar-refractivity contribution in [2.75, 3.05) is 0 Å². The third kappa shape index (κ3) is 4.87. The maximum atomic E-state index is 5.90. The normalized spacial score (nSPS) is 10.9. The van der Waals surface area contributed by atoms with Crippen LogP contribution in [0.25, 0.3) is 11.5 Å². The van der Waals surface area contributed by atoms with Crippen molar-refractivity contribution in [2.45, 2.75) is 24.1 Å². The summed E-state index contributed by atoms with van der Waals surface area (Å²) in [5.74, 6) is 3.05. The number of hydrogen-bond acceptors (Lipinski definition) is 8. The van der Waals surface area contributed by atoms with Gasteiger partial charge in [-0.3, -0.25) is 4.57 Å². The minimum atomic E-state index is 0.285. The van der Waals surface area contributed by atoms with Crippen molar-refractivity contribution >= 4 is 34.7 Å². The fourth-order valence-electron chi connectivity index (χ4n) is 2.47. The molecule has 0 amide bonds. The molecule has 0 atom stereocenters. The molecule has 3 aromatic heterocycles. The van der Waals surface area contributed by atoms with Gasteiger partial charge < -0.3 is 9.26 Å². The van der Waals surface area contributed by atoms with Crippen LogP contribution in [-0.4, -0.2) is 24.9 Å². The van der Waals surface area contributed by atoms with Crippen LogP contribution in [0.15, 0.2) is 63.4 Å². The van der Waals surface area contributed by atoms with Gasteiger partial charge in [-0.25, -0.2) is 0 Å². The number of hydrogen-bond donors (Lipinski definition) is 0. The maximum Gasteiger partial charge on any atom is 0.258 e. The smallest absolute Gasteiger partial charge is 0.258 e. The molecule has 0 unspecified atom stereocenters. The SMILES string of the molecule is C=CCn1c(COc2ccc(Cl)cc2)nnc1SCc1noc(-c2ccsc2)n1. The monoisotopic (exact) mass is 445 g/mol. The standard InChI is InChI=1S/C19H16ClN5O2S2/c1-2-8-25-17(10-26-15-5-3-14(20)4-6-15)22-23-19(25)29-12-16-21-18(27-24-16)13-7-9-28-11-13/h2-7,9,11H,1,8,10,12H2. The first-order valence-corrected chi connectivity index (χ1v) is 10.9. The Hall–Kier alpha value is -2.62. The Morgan fingerprint density at radius 1 is 1.24 bits per heavy atom. The van der Waals surface area contributed by atoms with Gasteiger partial charge in [-0.1, -0.05) is 34.6 Å². The molecule has 29 heavy (non-hydrogen) atoms. The predicted octanol–water partition coefficient (Wildman–Crippen LogP) is 5.10. The van der Waals surface area contributed by atoms with Crippen molar-refractivity contribution in [3.63, 3.8) is 0 Å². The van der Waals surface area contributed by atoms with E-state index in [-0.39, 0.29) is 6.61 Å². The third-order valence-corrected chi connectivity index (χ3v) is 5.75. The van der Waals surface area contributed by atoms with Gasteiger partial charge in [-0.05, 0) is 35.7 Å². The second-order valence-corrected chi connectivity index (χ2v) is 8.02. The van der Waals surface area contributed by atoms with Gasteiger partial charge in [0.25, 0.3) is 5.89 Å². The molecular weight excluding hydrogens is 430 g/mol. The first-order valence-electron chi connectivity index (χ1n) is 8.62. The number of benzene rings is 1. The molecule has 4 rings (SSSR count). The van der Waals surface area contributed by atoms with Crippen LogP contribution in [0.5, 0.6) is 5.75 Å². The number of thioether (sulfide) groups is 1. The largest absolute Gasteiger partial charge is 0.486 e. The summed E-state index contributed by atoms with van der Waals surface area (Å²) in [6.45, 7) is 4.67. The minimum absolute atomic E-state index is 0.285. The second kappa shape index (κ2) is 9.25. The number of halogens is 1. The van der Waals surface area contributed by atoms with Gasteiger partial charge in [0.1, 0.15) is 12.4 Å². The molecule has 0 aliphatic carbocycles. The van der Waals surface area contributed by atoms with E-state index >= 15 is 0 Å². The molecule has 0 spiro atoms. The number of aromatic nitrogens is 5. The van der Waals surface area contributed by atoms with Crippen LogP contribution in [0.2, 0.25) is 5.02 Å². The summed E-state index contributed by atoms with van der Waals surface area (Å²) in [5, 5.41) is 17.9. The first kappa shape index (κ1) is 19.7. The zero-order chi connectivity index (χ0) is 20.1. The number of rotatable bonds is 9. The number of allylic oxidation sites excluding steroid dienone is 1. The summed E-state index contributed by atoms with van der Waals surface area (Å²) >= 11 is 8.97. The van der Waals surface area contributed by atoms with Crippen molar-refractivity contribution in [3.8, 4) is 17.2 Å². The lowest BCUT2D eigenvalue weighted by atomic mass is 10.3. The van der Waals surface area contributed by atoms with Gasteiger partial charge in [-0.15, -0.1) is 16.8 Å². The van der Waals surface area contributed by atoms with Crippen molar-refractivity contribution < 1.29 is 9.26 Å². The van der Waals surface area contributed by atoms with Gasteiger partial charge in [0.15, 0.2) is 16.8 Å². The van der Waals surface area contributed by atoms with Crippen LogP contribution in [0.4, 0.5) is 0 Å². The lowest BCUT2D eigenvalue weighted by molar-refractivity contribution is 0.289. The van der Waals surface area contributed by atoms with Crippen molar-refractivity contribution in [1.82, 2.24) is 24.9 Å². The van der Waals surface area contributed by atoms with Crippen LogP contribution in [0, 0.1) is 0 Å². The molecule has 0 saturated heterocycles. The maximum absolute atomic E-state index is 5.90. The van der Waals surface area contributed by atoms with Crippen molar-refractivity contribution in [2.24, 2.45) is 0 Å². The van der Waals surface area contributed by atoms with Gasteiger partial charge in [-0.2, -0.15) is 16.3 Å². The zero-order valence-corrected chi connectivity index (χ0v) is 17.6. The molecule has 3 heterocycles. The number of thiophene rings is 1. The summed E-state index contributed by atoms with van der Waals surface area (Å²) in [6.07, 6.45) is 1.79. The van der Waals surface area contributed by atoms with Crippen molar-refractivity contribution in [3.05, 3.63) is 70.4 Å². The highest BCUT2D eigenvalue weighted by Crippen LogP contribution is 2.25. The summed E-state index contributed by atoms with van der Waals surface area (Å²) in [4.78, 5) is 4.43. The highest BCUT2D eigenvalue weighted by Gasteiger charge is 2.15. The summed E-state index contributed by atoms with van der Waals surface area (Å²) in [6, 6.07) is 9.13. The molecule has 0 bridgehead atoms. The molecule has 1 aromatic carbocycles. The molecule has 0 N–H and O–H groups in total. The predicted molar refractivity (Wildman–Crippen MR) is 113 cm³/mol. The fourth-order valence-corrected chi connectivity index (χ4v) is 4.03. The summed E-state index contributed by atoms with van der Waals surface area (Å²) < 4.78 is 13.1. The zero-order valence-electron chi connectivity index (χ0n) is 15.2. The number of ether oxygens (including phenoxy) is 1. The third-order valence-electron chi connectivity index (χ3n) is 3.85. The molecule has 4 aromatic rings. The van der Waals surface area contributed by atoms with E-state index in [1.165, 1.54) is 11.8 Å². The number of nitrogens with zero attached hydrogens (tertiary/aromatic N) is 5. The Balaban J connectivity index is 1.42. The van der Waals surface area contributed by atoms with E-state index < -0.39 is 0 Å². The first-order chi connectivity index (χ1) is 14.2. The highest BCUT2D eigenvalue weighted by molar-refractivity contribution is 7.98. The van der Waals surface area contributed by atoms with Crippen LogP contribution in [-0.2, 0) is 18.9 Å². The molecular formula is C19H16ClN5O2S2. The van der Waals surface area contributed by atoms with Gasteiger partial charge in [0.05, 0.1) is 11.3 Å². The highest BCUT2D eigenvalue weighted by atomic mass is 35.5. The van der Waals surface area contributed by atoms with E-state index in [9.17, 15) is 0 Å². The van der Waals surface area contributed by atoms with E-state index in [4.69, 9.17) is 20.9 Å². The molecule has 0 radical (unpaired) electrons.